The van der Waals surface area contributed by atoms with Crippen molar-refractivity contribution in [2.45, 2.75) is 20.3 Å². The molecule has 0 aromatic carbocycles. The SMILES string of the molecule is CC(C)=CCCNc1ncccc1N. The van der Waals surface area contributed by atoms with E-state index in [1.807, 2.05) is 12.1 Å². The molecule has 1 aromatic rings. The molecule has 0 unspecified atom stereocenters. The molecule has 0 saturated heterocycles. The fraction of sp³-hybridized carbons (Fsp3) is 0.364. The number of allylic oxidation sites excluding steroid dienone is 1. The number of nitrogens with two attached hydrogens (primary N) is 1. The number of hydrogen-bond donors (Lipinski definition) is 2. The summed E-state index contributed by atoms with van der Waals surface area (Å²) in [5.41, 5.74) is 7.76. The second-order valence-electron chi connectivity index (χ2n) is 3.44. The zero-order valence-electron chi connectivity index (χ0n) is 8.75. The highest BCUT2D eigenvalue weighted by Gasteiger charge is 1.95. The Balaban J connectivity index is 2.39. The maximum atomic E-state index is 5.72. The third kappa shape index (κ3) is 3.47. The highest BCUT2D eigenvalue weighted by molar-refractivity contribution is 5.60. The van der Waals surface area contributed by atoms with Gasteiger partial charge in [-0.1, -0.05) is 11.6 Å². The van der Waals surface area contributed by atoms with Crippen LogP contribution in [-0.2, 0) is 0 Å². The smallest absolute Gasteiger partial charge is 0.149 e. The number of hydrogen-bond acceptors (Lipinski definition) is 3. The van der Waals surface area contributed by atoms with Crippen molar-refractivity contribution < 1.29 is 0 Å². The molecule has 0 radical (unpaired) electrons. The molecule has 0 bridgehead atoms. The van der Waals surface area contributed by atoms with Crippen molar-refractivity contribution >= 4 is 11.5 Å². The molecule has 0 saturated carbocycles. The molecule has 0 aliphatic rings. The van der Waals surface area contributed by atoms with Gasteiger partial charge in [-0.2, -0.15) is 0 Å². The summed E-state index contributed by atoms with van der Waals surface area (Å²) < 4.78 is 0. The molecule has 0 aliphatic carbocycles. The van der Waals surface area contributed by atoms with Gasteiger partial charge in [-0.05, 0) is 32.4 Å². The number of nitrogen functional groups attached to an aromatic ring is 1. The van der Waals surface area contributed by atoms with E-state index in [0.717, 1.165) is 18.8 Å². The molecule has 0 fully saturated rings. The first-order valence-electron chi connectivity index (χ1n) is 4.78. The summed E-state index contributed by atoms with van der Waals surface area (Å²) in [5.74, 6) is 0.773. The van der Waals surface area contributed by atoms with E-state index in [1.165, 1.54) is 5.57 Å². The van der Waals surface area contributed by atoms with Crippen LogP contribution in [0, 0.1) is 0 Å². The fourth-order valence-electron chi connectivity index (χ4n) is 1.12. The van der Waals surface area contributed by atoms with Crippen LogP contribution in [0.1, 0.15) is 20.3 Å². The molecular formula is C11H17N3. The van der Waals surface area contributed by atoms with E-state index in [4.69, 9.17) is 5.73 Å². The third-order valence-electron chi connectivity index (χ3n) is 1.83. The van der Waals surface area contributed by atoms with Crippen molar-refractivity contribution in [3.63, 3.8) is 0 Å². The molecule has 3 nitrogen and oxygen atoms in total. The second-order valence-corrected chi connectivity index (χ2v) is 3.44. The zero-order valence-corrected chi connectivity index (χ0v) is 8.75. The fourth-order valence-corrected chi connectivity index (χ4v) is 1.12. The van der Waals surface area contributed by atoms with Crippen molar-refractivity contribution in [2.24, 2.45) is 0 Å². The third-order valence-corrected chi connectivity index (χ3v) is 1.83. The van der Waals surface area contributed by atoms with Gasteiger partial charge >= 0.3 is 0 Å². The van der Waals surface area contributed by atoms with Gasteiger partial charge in [-0.15, -0.1) is 0 Å². The minimum atomic E-state index is 0.699. The molecule has 1 aromatic heterocycles. The van der Waals surface area contributed by atoms with Crippen molar-refractivity contribution in [3.05, 3.63) is 30.0 Å². The summed E-state index contributed by atoms with van der Waals surface area (Å²) in [4.78, 5) is 4.14. The van der Waals surface area contributed by atoms with Gasteiger partial charge in [0.15, 0.2) is 0 Å². The predicted molar refractivity (Wildman–Crippen MR) is 61.2 cm³/mol. The largest absolute Gasteiger partial charge is 0.396 e. The number of aromatic nitrogens is 1. The standard InChI is InChI=1S/C11H17N3/c1-9(2)5-3-7-13-11-10(12)6-4-8-14-11/h4-6,8H,3,7,12H2,1-2H3,(H,13,14). The first-order chi connectivity index (χ1) is 6.70. The second kappa shape index (κ2) is 5.27. The summed E-state index contributed by atoms with van der Waals surface area (Å²) in [7, 11) is 0. The molecular weight excluding hydrogens is 174 g/mol. The van der Waals surface area contributed by atoms with E-state index in [0.29, 0.717) is 5.69 Å². The molecule has 3 N–H and O–H groups in total. The lowest BCUT2D eigenvalue weighted by Gasteiger charge is -2.05. The predicted octanol–water partition coefficient (Wildman–Crippen LogP) is 2.43. The average molecular weight is 191 g/mol. The minimum absolute atomic E-state index is 0.699. The highest BCUT2D eigenvalue weighted by Crippen LogP contribution is 2.12. The molecule has 0 atom stereocenters. The van der Waals surface area contributed by atoms with Crippen LogP contribution in [0.2, 0.25) is 0 Å². The van der Waals surface area contributed by atoms with Crippen molar-refractivity contribution in [3.8, 4) is 0 Å². The number of anilines is 2. The molecule has 0 spiro atoms. The van der Waals surface area contributed by atoms with Crippen LogP contribution < -0.4 is 11.1 Å². The maximum Gasteiger partial charge on any atom is 0.149 e. The number of nitrogens with one attached hydrogen (secondary N) is 1. The van der Waals surface area contributed by atoms with Gasteiger partial charge in [0.25, 0.3) is 0 Å². The minimum Gasteiger partial charge on any atom is -0.396 e. The van der Waals surface area contributed by atoms with E-state index in [-0.39, 0.29) is 0 Å². The number of rotatable bonds is 4. The van der Waals surface area contributed by atoms with Crippen LogP contribution in [0.25, 0.3) is 0 Å². The van der Waals surface area contributed by atoms with E-state index in [9.17, 15) is 0 Å². The zero-order chi connectivity index (χ0) is 10.4. The molecule has 76 valence electrons. The van der Waals surface area contributed by atoms with Gasteiger partial charge in [0.2, 0.25) is 0 Å². The van der Waals surface area contributed by atoms with Crippen molar-refractivity contribution in [1.29, 1.82) is 0 Å². The molecule has 3 heteroatoms. The quantitative estimate of drug-likeness (QED) is 0.567. The summed E-state index contributed by atoms with van der Waals surface area (Å²) >= 11 is 0. The Bertz CT molecular complexity index is 314. The summed E-state index contributed by atoms with van der Waals surface area (Å²) in [6.07, 6.45) is 4.92. The summed E-state index contributed by atoms with van der Waals surface area (Å²) in [6.45, 7) is 5.05. The first kappa shape index (κ1) is 10.6. The van der Waals surface area contributed by atoms with Crippen LogP contribution in [0.3, 0.4) is 0 Å². The lowest BCUT2D eigenvalue weighted by Crippen LogP contribution is -2.05. The van der Waals surface area contributed by atoms with Crippen LogP contribution >= 0.6 is 0 Å². The Hall–Kier alpha value is -1.51. The Kier molecular flexibility index (Phi) is 3.98. The van der Waals surface area contributed by atoms with E-state index in [2.05, 4.69) is 30.2 Å². The van der Waals surface area contributed by atoms with E-state index in [1.54, 1.807) is 6.20 Å². The lowest BCUT2D eigenvalue weighted by atomic mass is 10.2. The summed E-state index contributed by atoms with van der Waals surface area (Å²) in [6, 6.07) is 3.67. The van der Waals surface area contributed by atoms with Gasteiger partial charge in [0.1, 0.15) is 5.82 Å². The van der Waals surface area contributed by atoms with Crippen LogP contribution in [0.4, 0.5) is 11.5 Å². The topological polar surface area (TPSA) is 50.9 Å². The Morgan fingerprint density at radius 1 is 1.57 bits per heavy atom. The molecule has 0 aliphatic heterocycles. The molecule has 1 heterocycles. The maximum absolute atomic E-state index is 5.72. The molecule has 14 heavy (non-hydrogen) atoms. The van der Waals surface area contributed by atoms with Gasteiger partial charge < -0.3 is 11.1 Å². The van der Waals surface area contributed by atoms with Gasteiger partial charge in [-0.3, -0.25) is 0 Å². The van der Waals surface area contributed by atoms with Crippen LogP contribution in [0.5, 0.6) is 0 Å². The van der Waals surface area contributed by atoms with Crippen molar-refractivity contribution in [1.82, 2.24) is 4.98 Å². The van der Waals surface area contributed by atoms with Gasteiger partial charge in [0.05, 0.1) is 5.69 Å². The number of pyridine rings is 1. The monoisotopic (exact) mass is 191 g/mol. The Labute approximate surface area is 85.0 Å². The molecule has 0 amide bonds. The van der Waals surface area contributed by atoms with Gasteiger partial charge in [-0.25, -0.2) is 4.98 Å². The first-order valence-corrected chi connectivity index (χ1v) is 4.78. The van der Waals surface area contributed by atoms with Gasteiger partial charge in [0, 0.05) is 12.7 Å². The highest BCUT2D eigenvalue weighted by atomic mass is 15.0. The van der Waals surface area contributed by atoms with Crippen molar-refractivity contribution in [2.75, 3.05) is 17.6 Å². The summed E-state index contributed by atoms with van der Waals surface area (Å²) in [5, 5.41) is 3.19. The number of nitrogens with zero attached hydrogens (tertiary/aromatic N) is 1. The van der Waals surface area contributed by atoms with E-state index < -0.39 is 0 Å². The molecule has 1 rings (SSSR count). The van der Waals surface area contributed by atoms with Crippen LogP contribution in [0.15, 0.2) is 30.0 Å². The Morgan fingerprint density at radius 2 is 2.36 bits per heavy atom. The van der Waals surface area contributed by atoms with Crippen LogP contribution in [-0.4, -0.2) is 11.5 Å². The van der Waals surface area contributed by atoms with E-state index >= 15 is 0 Å². The average Bonchev–Trinajstić information content (AvgIpc) is 2.15. The normalized spacial score (nSPS) is 9.57. The lowest BCUT2D eigenvalue weighted by molar-refractivity contribution is 1.03. The Morgan fingerprint density at radius 3 is 3.00 bits per heavy atom.